The van der Waals surface area contributed by atoms with E-state index in [0.717, 1.165) is 37.0 Å². The Kier molecular flexibility index (Phi) is 6.09. The molecule has 0 aliphatic carbocycles. The van der Waals surface area contributed by atoms with E-state index < -0.39 is 0 Å². The minimum atomic E-state index is 0.442. The lowest BCUT2D eigenvalue weighted by molar-refractivity contribution is 0.0576. The van der Waals surface area contributed by atoms with Crippen molar-refractivity contribution in [2.45, 2.75) is 44.8 Å². The summed E-state index contributed by atoms with van der Waals surface area (Å²) in [4.78, 5) is 4.79. The summed E-state index contributed by atoms with van der Waals surface area (Å²) in [7, 11) is 2.24. The Hall–Kier alpha value is -1.17. The third-order valence-corrected chi connectivity index (χ3v) is 5.55. The van der Waals surface area contributed by atoms with Crippen LogP contribution in [0.25, 0.3) is 0 Å². The zero-order chi connectivity index (χ0) is 16.9. The SMILES string of the molecule is Cc1ccc(NC(=S)N2CCC(N(C)C[C@@H]3CCCO3)CC2)cc1. The minimum Gasteiger partial charge on any atom is -0.377 e. The highest BCUT2D eigenvalue weighted by Gasteiger charge is 2.26. The molecule has 0 bridgehead atoms. The highest BCUT2D eigenvalue weighted by atomic mass is 32.1. The van der Waals surface area contributed by atoms with E-state index in [1.165, 1.54) is 31.2 Å². The topological polar surface area (TPSA) is 27.7 Å². The largest absolute Gasteiger partial charge is 0.377 e. The molecule has 0 unspecified atom stereocenters. The van der Waals surface area contributed by atoms with Crippen LogP contribution in [-0.2, 0) is 4.74 Å². The molecule has 1 aromatic rings. The van der Waals surface area contributed by atoms with E-state index in [1.807, 2.05) is 0 Å². The Bertz CT molecular complexity index is 534. The van der Waals surface area contributed by atoms with Gasteiger partial charge in [-0.25, -0.2) is 0 Å². The monoisotopic (exact) mass is 347 g/mol. The molecular weight excluding hydrogens is 318 g/mol. The first-order chi connectivity index (χ1) is 11.6. The van der Waals surface area contributed by atoms with E-state index in [2.05, 4.69) is 53.4 Å². The fourth-order valence-electron chi connectivity index (χ4n) is 3.61. The van der Waals surface area contributed by atoms with Crippen LogP contribution in [0.2, 0.25) is 0 Å². The predicted octanol–water partition coefficient (Wildman–Crippen LogP) is 3.27. The summed E-state index contributed by atoms with van der Waals surface area (Å²) < 4.78 is 5.77. The molecule has 2 aliphatic rings. The summed E-state index contributed by atoms with van der Waals surface area (Å²) in [5.41, 5.74) is 2.34. The number of hydrogen-bond donors (Lipinski definition) is 1. The van der Waals surface area contributed by atoms with Gasteiger partial charge in [-0.15, -0.1) is 0 Å². The molecule has 0 spiro atoms. The number of rotatable bonds is 4. The zero-order valence-electron chi connectivity index (χ0n) is 14.8. The van der Waals surface area contributed by atoms with Crippen LogP contribution in [0.3, 0.4) is 0 Å². The molecule has 4 nitrogen and oxygen atoms in total. The summed E-state index contributed by atoms with van der Waals surface area (Å²) in [5, 5.41) is 4.21. The molecule has 1 N–H and O–H groups in total. The van der Waals surface area contributed by atoms with Crippen molar-refractivity contribution in [3.05, 3.63) is 29.8 Å². The predicted molar refractivity (Wildman–Crippen MR) is 104 cm³/mol. The fourth-order valence-corrected chi connectivity index (χ4v) is 3.91. The van der Waals surface area contributed by atoms with Crippen LogP contribution in [0.15, 0.2) is 24.3 Å². The number of nitrogens with zero attached hydrogens (tertiary/aromatic N) is 2. The van der Waals surface area contributed by atoms with Crippen molar-refractivity contribution >= 4 is 23.0 Å². The Labute approximate surface area is 151 Å². The molecule has 1 aromatic carbocycles. The number of ether oxygens (including phenoxy) is 1. The van der Waals surface area contributed by atoms with Crippen LogP contribution in [0.4, 0.5) is 5.69 Å². The van der Waals surface area contributed by atoms with Gasteiger partial charge in [-0.05, 0) is 64.0 Å². The van der Waals surface area contributed by atoms with Crippen LogP contribution in [0.1, 0.15) is 31.2 Å². The number of anilines is 1. The Balaban J connectivity index is 1.43. The quantitative estimate of drug-likeness (QED) is 0.844. The number of hydrogen-bond acceptors (Lipinski definition) is 3. The highest BCUT2D eigenvalue weighted by molar-refractivity contribution is 7.80. The van der Waals surface area contributed by atoms with Crippen molar-refractivity contribution in [2.24, 2.45) is 0 Å². The number of likely N-dealkylation sites (tertiary alicyclic amines) is 1. The van der Waals surface area contributed by atoms with Crippen molar-refractivity contribution in [1.29, 1.82) is 0 Å². The van der Waals surface area contributed by atoms with Crippen molar-refractivity contribution in [2.75, 3.05) is 38.6 Å². The van der Waals surface area contributed by atoms with E-state index in [1.54, 1.807) is 0 Å². The number of aryl methyl sites for hydroxylation is 1. The minimum absolute atomic E-state index is 0.442. The maximum atomic E-state index is 5.77. The van der Waals surface area contributed by atoms with E-state index in [-0.39, 0.29) is 0 Å². The third kappa shape index (κ3) is 4.68. The molecule has 2 heterocycles. The Morgan fingerprint density at radius 3 is 2.58 bits per heavy atom. The van der Waals surface area contributed by atoms with Gasteiger partial charge in [0, 0.05) is 38.0 Å². The zero-order valence-corrected chi connectivity index (χ0v) is 15.6. The molecule has 0 aromatic heterocycles. The highest BCUT2D eigenvalue weighted by Crippen LogP contribution is 2.20. The van der Waals surface area contributed by atoms with E-state index >= 15 is 0 Å². The molecule has 24 heavy (non-hydrogen) atoms. The van der Waals surface area contributed by atoms with Crippen molar-refractivity contribution < 1.29 is 4.74 Å². The smallest absolute Gasteiger partial charge is 0.173 e. The van der Waals surface area contributed by atoms with Crippen LogP contribution in [-0.4, -0.2) is 60.3 Å². The van der Waals surface area contributed by atoms with Crippen molar-refractivity contribution in [3.63, 3.8) is 0 Å². The average molecular weight is 348 g/mol. The Morgan fingerprint density at radius 1 is 1.25 bits per heavy atom. The van der Waals surface area contributed by atoms with Gasteiger partial charge < -0.3 is 19.9 Å². The van der Waals surface area contributed by atoms with Gasteiger partial charge in [-0.1, -0.05) is 17.7 Å². The number of benzene rings is 1. The maximum Gasteiger partial charge on any atom is 0.173 e. The normalized spacial score (nSPS) is 22.1. The summed E-state index contributed by atoms with van der Waals surface area (Å²) in [5.74, 6) is 0. The second-order valence-corrected chi connectivity index (χ2v) is 7.48. The number of piperidine rings is 1. The van der Waals surface area contributed by atoms with Crippen molar-refractivity contribution in [3.8, 4) is 0 Å². The van der Waals surface area contributed by atoms with E-state index in [4.69, 9.17) is 17.0 Å². The molecule has 5 heteroatoms. The molecule has 2 fully saturated rings. The number of nitrogens with one attached hydrogen (secondary N) is 1. The fraction of sp³-hybridized carbons (Fsp3) is 0.632. The Morgan fingerprint density at radius 2 is 1.96 bits per heavy atom. The first kappa shape index (κ1) is 17.6. The molecule has 2 aliphatic heterocycles. The van der Waals surface area contributed by atoms with Gasteiger partial charge in [0.05, 0.1) is 6.10 Å². The van der Waals surface area contributed by atoms with E-state index in [0.29, 0.717) is 12.1 Å². The van der Waals surface area contributed by atoms with Crippen molar-refractivity contribution in [1.82, 2.24) is 9.80 Å². The molecule has 0 radical (unpaired) electrons. The van der Waals surface area contributed by atoms with Gasteiger partial charge in [-0.2, -0.15) is 0 Å². The summed E-state index contributed by atoms with van der Waals surface area (Å²) >= 11 is 5.59. The number of thiocarbonyl (C=S) groups is 1. The molecule has 3 rings (SSSR count). The van der Waals surface area contributed by atoms with Gasteiger partial charge in [-0.3, -0.25) is 0 Å². The van der Waals surface area contributed by atoms with Crippen LogP contribution in [0.5, 0.6) is 0 Å². The molecule has 1 atom stereocenters. The van der Waals surface area contributed by atoms with Crippen LogP contribution in [0, 0.1) is 6.92 Å². The third-order valence-electron chi connectivity index (χ3n) is 5.19. The van der Waals surface area contributed by atoms with Gasteiger partial charge in [0.25, 0.3) is 0 Å². The van der Waals surface area contributed by atoms with Crippen LogP contribution >= 0.6 is 12.2 Å². The summed E-state index contributed by atoms with van der Waals surface area (Å²) in [6.45, 7) is 6.16. The molecule has 132 valence electrons. The van der Waals surface area contributed by atoms with E-state index in [9.17, 15) is 0 Å². The second kappa shape index (κ2) is 8.28. The van der Waals surface area contributed by atoms with Crippen LogP contribution < -0.4 is 5.32 Å². The molecule has 0 amide bonds. The number of likely N-dealkylation sites (N-methyl/N-ethyl adjacent to an activating group) is 1. The lowest BCUT2D eigenvalue weighted by Crippen LogP contribution is -2.48. The average Bonchev–Trinajstić information content (AvgIpc) is 3.10. The maximum absolute atomic E-state index is 5.77. The standard InChI is InChI=1S/C19H29N3OS/c1-15-5-7-16(8-6-15)20-19(24)22-11-9-17(10-12-22)21(2)14-18-4-3-13-23-18/h5-8,17-18H,3-4,9-14H2,1-2H3,(H,20,24)/t18-/m0/s1. The van der Waals surface area contributed by atoms with Gasteiger partial charge in [0.1, 0.15) is 0 Å². The second-order valence-electron chi connectivity index (χ2n) is 7.09. The lowest BCUT2D eigenvalue weighted by Gasteiger charge is -2.38. The van der Waals surface area contributed by atoms with Gasteiger partial charge >= 0.3 is 0 Å². The van der Waals surface area contributed by atoms with Gasteiger partial charge in [0.15, 0.2) is 5.11 Å². The first-order valence-corrected chi connectivity index (χ1v) is 9.47. The molecule has 2 saturated heterocycles. The molecular formula is C19H29N3OS. The summed E-state index contributed by atoms with van der Waals surface area (Å²) in [6, 6.07) is 9.04. The molecule has 0 saturated carbocycles. The van der Waals surface area contributed by atoms with Gasteiger partial charge in [0.2, 0.25) is 0 Å². The first-order valence-electron chi connectivity index (χ1n) is 9.06. The lowest BCUT2D eigenvalue weighted by atomic mass is 10.0. The summed E-state index contributed by atoms with van der Waals surface area (Å²) in [6.07, 6.45) is 5.21.